The van der Waals surface area contributed by atoms with Gasteiger partial charge in [0.05, 0.1) is 6.04 Å². The maximum absolute atomic E-state index is 13.0. The van der Waals surface area contributed by atoms with Crippen molar-refractivity contribution in [2.45, 2.75) is 44.8 Å². The molecule has 1 aliphatic rings. The molecule has 0 bridgehead atoms. The van der Waals surface area contributed by atoms with Crippen LogP contribution in [-0.4, -0.2) is 43.0 Å². The largest absolute Gasteiger partial charge is 0.353 e. The monoisotopic (exact) mass is 307 g/mol. The van der Waals surface area contributed by atoms with Gasteiger partial charge in [-0.3, -0.25) is 9.69 Å². The fraction of sp³-hybridized carbons (Fsp3) is 0.588. The zero-order chi connectivity index (χ0) is 15.9. The fourth-order valence-electron chi connectivity index (χ4n) is 2.78. The van der Waals surface area contributed by atoms with Crippen LogP contribution in [0, 0.1) is 5.82 Å². The first-order valence-electron chi connectivity index (χ1n) is 8.03. The average Bonchev–Trinajstić information content (AvgIpc) is 2.55. The molecule has 1 heterocycles. The number of carbonyl (C=O) groups excluding carboxylic acids is 1. The highest BCUT2D eigenvalue weighted by Gasteiger charge is 2.28. The summed E-state index contributed by atoms with van der Waals surface area (Å²) in [7, 11) is 1.89. The van der Waals surface area contributed by atoms with Crippen LogP contribution in [0.3, 0.4) is 0 Å². The molecule has 0 saturated carbocycles. The fourth-order valence-corrected chi connectivity index (χ4v) is 2.78. The number of hydrogen-bond donors (Lipinski definition) is 2. The lowest BCUT2D eigenvalue weighted by Gasteiger charge is -2.35. The van der Waals surface area contributed by atoms with E-state index in [1.54, 1.807) is 12.1 Å². The minimum Gasteiger partial charge on any atom is -0.353 e. The third kappa shape index (κ3) is 4.78. The van der Waals surface area contributed by atoms with Gasteiger partial charge in [0, 0.05) is 19.1 Å². The van der Waals surface area contributed by atoms with E-state index in [1.165, 1.54) is 12.1 Å². The van der Waals surface area contributed by atoms with Crippen LogP contribution in [0.25, 0.3) is 0 Å². The van der Waals surface area contributed by atoms with E-state index < -0.39 is 0 Å². The van der Waals surface area contributed by atoms with Gasteiger partial charge in [-0.2, -0.15) is 0 Å². The number of likely N-dealkylation sites (tertiary alicyclic amines) is 1. The summed E-state index contributed by atoms with van der Waals surface area (Å²) in [6.07, 6.45) is 3.08. The standard InChI is InChI=1S/C17H26FN3O/c1-13(19-2)11-20-17(22)16-5-3-4-10-21(16)12-14-6-8-15(18)9-7-14/h6-9,13,16,19H,3-5,10-12H2,1-2H3,(H,20,22). The second kappa shape index (κ2) is 8.25. The van der Waals surface area contributed by atoms with Crippen LogP contribution in [0.5, 0.6) is 0 Å². The van der Waals surface area contributed by atoms with Crippen molar-refractivity contribution in [3.63, 3.8) is 0 Å². The number of nitrogens with zero attached hydrogens (tertiary/aromatic N) is 1. The van der Waals surface area contributed by atoms with Crippen LogP contribution in [0.4, 0.5) is 4.39 Å². The molecule has 1 fully saturated rings. The molecule has 4 nitrogen and oxygen atoms in total. The molecule has 2 unspecified atom stereocenters. The highest BCUT2D eigenvalue weighted by atomic mass is 19.1. The highest BCUT2D eigenvalue weighted by Crippen LogP contribution is 2.20. The first kappa shape index (κ1) is 16.9. The summed E-state index contributed by atoms with van der Waals surface area (Å²) < 4.78 is 13.0. The molecule has 1 aliphatic heterocycles. The number of amides is 1. The van der Waals surface area contributed by atoms with Crippen molar-refractivity contribution in [2.75, 3.05) is 20.1 Å². The first-order chi connectivity index (χ1) is 10.6. The second-order valence-electron chi connectivity index (χ2n) is 6.04. The van der Waals surface area contributed by atoms with E-state index in [0.29, 0.717) is 13.1 Å². The predicted octanol–water partition coefficient (Wildman–Crippen LogP) is 1.90. The Labute approximate surface area is 132 Å². The Morgan fingerprint density at radius 3 is 2.77 bits per heavy atom. The Balaban J connectivity index is 1.95. The molecule has 22 heavy (non-hydrogen) atoms. The SMILES string of the molecule is CNC(C)CNC(=O)C1CCCCN1Cc1ccc(F)cc1. The van der Waals surface area contributed by atoms with Crippen LogP contribution in [0.15, 0.2) is 24.3 Å². The van der Waals surface area contributed by atoms with E-state index in [0.717, 1.165) is 31.4 Å². The Bertz CT molecular complexity index is 477. The normalized spacial score (nSPS) is 20.6. The van der Waals surface area contributed by atoms with Crippen LogP contribution < -0.4 is 10.6 Å². The number of benzene rings is 1. The summed E-state index contributed by atoms with van der Waals surface area (Å²) in [5, 5.41) is 6.14. The lowest BCUT2D eigenvalue weighted by Crippen LogP contribution is -2.50. The predicted molar refractivity (Wildman–Crippen MR) is 86.0 cm³/mol. The van der Waals surface area contributed by atoms with Gasteiger partial charge in [-0.25, -0.2) is 4.39 Å². The van der Waals surface area contributed by atoms with Gasteiger partial charge in [0.15, 0.2) is 0 Å². The van der Waals surface area contributed by atoms with E-state index in [4.69, 9.17) is 0 Å². The minimum absolute atomic E-state index is 0.0807. The van der Waals surface area contributed by atoms with Crippen molar-refractivity contribution < 1.29 is 9.18 Å². The summed E-state index contributed by atoms with van der Waals surface area (Å²) in [6.45, 7) is 4.28. The molecule has 0 aromatic heterocycles. The lowest BCUT2D eigenvalue weighted by molar-refractivity contribution is -0.128. The van der Waals surface area contributed by atoms with E-state index in [1.807, 2.05) is 14.0 Å². The summed E-state index contributed by atoms with van der Waals surface area (Å²) in [4.78, 5) is 14.6. The van der Waals surface area contributed by atoms with Gasteiger partial charge in [0.1, 0.15) is 5.82 Å². The van der Waals surface area contributed by atoms with Gasteiger partial charge in [0.2, 0.25) is 5.91 Å². The first-order valence-corrected chi connectivity index (χ1v) is 8.03. The van der Waals surface area contributed by atoms with E-state index in [9.17, 15) is 9.18 Å². The third-order valence-electron chi connectivity index (χ3n) is 4.29. The van der Waals surface area contributed by atoms with Gasteiger partial charge in [-0.1, -0.05) is 18.6 Å². The third-order valence-corrected chi connectivity index (χ3v) is 4.29. The Morgan fingerprint density at radius 2 is 2.09 bits per heavy atom. The lowest BCUT2D eigenvalue weighted by atomic mass is 10.00. The van der Waals surface area contributed by atoms with Crippen molar-refractivity contribution >= 4 is 5.91 Å². The molecule has 1 amide bonds. The molecule has 1 aromatic rings. The summed E-state index contributed by atoms with van der Waals surface area (Å²) >= 11 is 0. The number of rotatable bonds is 6. The molecule has 2 N–H and O–H groups in total. The molecular formula is C17H26FN3O. The van der Waals surface area contributed by atoms with Gasteiger partial charge in [-0.05, 0) is 51.1 Å². The minimum atomic E-state index is -0.224. The quantitative estimate of drug-likeness (QED) is 0.844. The molecule has 0 aliphatic carbocycles. The van der Waals surface area contributed by atoms with E-state index in [-0.39, 0.29) is 23.8 Å². The molecule has 0 spiro atoms. The number of nitrogens with one attached hydrogen (secondary N) is 2. The zero-order valence-electron chi connectivity index (χ0n) is 13.4. The molecule has 122 valence electrons. The molecule has 2 atom stereocenters. The number of hydrogen-bond acceptors (Lipinski definition) is 3. The molecular weight excluding hydrogens is 281 g/mol. The van der Waals surface area contributed by atoms with Gasteiger partial charge in [0.25, 0.3) is 0 Å². The van der Waals surface area contributed by atoms with Gasteiger partial charge in [-0.15, -0.1) is 0 Å². The number of piperidine rings is 1. The maximum Gasteiger partial charge on any atom is 0.237 e. The van der Waals surface area contributed by atoms with Crippen LogP contribution in [0.1, 0.15) is 31.7 Å². The Kier molecular flexibility index (Phi) is 6.34. The van der Waals surface area contributed by atoms with E-state index >= 15 is 0 Å². The van der Waals surface area contributed by atoms with Crippen LogP contribution >= 0.6 is 0 Å². The van der Waals surface area contributed by atoms with Crippen LogP contribution in [-0.2, 0) is 11.3 Å². The van der Waals surface area contributed by atoms with Crippen molar-refractivity contribution in [1.82, 2.24) is 15.5 Å². The van der Waals surface area contributed by atoms with Crippen molar-refractivity contribution in [2.24, 2.45) is 0 Å². The Morgan fingerprint density at radius 1 is 1.36 bits per heavy atom. The van der Waals surface area contributed by atoms with Gasteiger partial charge >= 0.3 is 0 Å². The molecule has 5 heteroatoms. The van der Waals surface area contributed by atoms with Crippen LogP contribution in [0.2, 0.25) is 0 Å². The number of halogens is 1. The molecule has 2 rings (SSSR count). The number of likely N-dealkylation sites (N-methyl/N-ethyl adjacent to an activating group) is 1. The smallest absolute Gasteiger partial charge is 0.237 e. The summed E-state index contributed by atoms with van der Waals surface area (Å²) in [5.41, 5.74) is 1.05. The van der Waals surface area contributed by atoms with E-state index in [2.05, 4.69) is 15.5 Å². The Hall–Kier alpha value is -1.46. The van der Waals surface area contributed by atoms with Crippen molar-refractivity contribution in [3.05, 3.63) is 35.6 Å². The molecule has 0 radical (unpaired) electrons. The molecule has 1 saturated heterocycles. The number of carbonyl (C=O) groups is 1. The average molecular weight is 307 g/mol. The topological polar surface area (TPSA) is 44.4 Å². The zero-order valence-corrected chi connectivity index (χ0v) is 13.4. The summed E-state index contributed by atoms with van der Waals surface area (Å²) in [6, 6.07) is 6.72. The second-order valence-corrected chi connectivity index (χ2v) is 6.04. The van der Waals surface area contributed by atoms with Crippen molar-refractivity contribution in [3.8, 4) is 0 Å². The van der Waals surface area contributed by atoms with Crippen molar-refractivity contribution in [1.29, 1.82) is 0 Å². The highest BCUT2D eigenvalue weighted by molar-refractivity contribution is 5.81. The van der Waals surface area contributed by atoms with Gasteiger partial charge < -0.3 is 10.6 Å². The maximum atomic E-state index is 13.0. The molecule has 1 aromatic carbocycles. The summed E-state index contributed by atoms with van der Waals surface area (Å²) in [5.74, 6) is -0.123.